The third-order valence-corrected chi connectivity index (χ3v) is 3.71. The van der Waals surface area contributed by atoms with Crippen LogP contribution in [-0.2, 0) is 0 Å². The van der Waals surface area contributed by atoms with Gasteiger partial charge in [0, 0.05) is 45.0 Å². The summed E-state index contributed by atoms with van der Waals surface area (Å²) in [6.45, 7) is 5.59. The van der Waals surface area contributed by atoms with Crippen LogP contribution >= 0.6 is 0 Å². The topological polar surface area (TPSA) is 82.7 Å². The summed E-state index contributed by atoms with van der Waals surface area (Å²) >= 11 is 0. The number of rotatable bonds is 4. The molecule has 1 atom stereocenters. The minimum Gasteiger partial charge on any atom is -0.465 e. The fourth-order valence-electron chi connectivity index (χ4n) is 2.33. The molecule has 6 nitrogen and oxygen atoms in total. The molecule has 110 valence electrons. The number of carboxylic acid groups (broad SMARTS) is 1. The molecule has 1 aliphatic rings. The van der Waals surface area contributed by atoms with Crippen LogP contribution in [-0.4, -0.2) is 58.7 Å². The molecular formula is C14H22N4O2. The van der Waals surface area contributed by atoms with Gasteiger partial charge in [-0.2, -0.15) is 0 Å². The minimum absolute atomic E-state index is 0.0619. The Bertz CT molecular complexity index is 441. The molecular weight excluding hydrogens is 256 g/mol. The smallest absolute Gasteiger partial charge is 0.407 e. The normalized spacial score (nSPS) is 18.0. The van der Waals surface area contributed by atoms with E-state index in [-0.39, 0.29) is 6.04 Å². The second-order valence-corrected chi connectivity index (χ2v) is 5.27. The first kappa shape index (κ1) is 14.7. The Hall–Kier alpha value is -1.66. The first-order valence-electron chi connectivity index (χ1n) is 6.94. The lowest BCUT2D eigenvalue weighted by Gasteiger charge is -2.33. The summed E-state index contributed by atoms with van der Waals surface area (Å²) in [6.07, 6.45) is 1.84. The number of hydrogen-bond donors (Lipinski definition) is 2. The number of amides is 1. The summed E-state index contributed by atoms with van der Waals surface area (Å²) in [6, 6.07) is 3.93. The first-order valence-corrected chi connectivity index (χ1v) is 6.94. The highest BCUT2D eigenvalue weighted by atomic mass is 16.4. The third-order valence-electron chi connectivity index (χ3n) is 3.71. The summed E-state index contributed by atoms with van der Waals surface area (Å²) in [5.41, 5.74) is 8.19. The van der Waals surface area contributed by atoms with Gasteiger partial charge >= 0.3 is 6.09 Å². The molecule has 0 spiro atoms. The standard InChI is InChI=1S/C14H22N4O2/c1-11-2-3-13(16-10-11)12(15)4-5-17-6-8-18(9-7-17)14(19)20/h2-3,10,12H,4-9,15H2,1H3,(H,19,20). The number of aromatic nitrogens is 1. The maximum Gasteiger partial charge on any atom is 0.407 e. The first-order chi connectivity index (χ1) is 9.56. The molecule has 1 amide bonds. The van der Waals surface area contributed by atoms with E-state index in [9.17, 15) is 4.79 Å². The average molecular weight is 278 g/mol. The zero-order valence-corrected chi connectivity index (χ0v) is 11.8. The van der Waals surface area contributed by atoms with Gasteiger partial charge in [-0.05, 0) is 25.0 Å². The van der Waals surface area contributed by atoms with E-state index in [2.05, 4.69) is 9.88 Å². The highest BCUT2D eigenvalue weighted by molar-refractivity contribution is 5.65. The molecule has 2 rings (SSSR count). The van der Waals surface area contributed by atoms with Gasteiger partial charge in [0.2, 0.25) is 0 Å². The van der Waals surface area contributed by atoms with E-state index in [1.54, 1.807) is 0 Å². The Balaban J connectivity index is 1.75. The quantitative estimate of drug-likeness (QED) is 0.861. The van der Waals surface area contributed by atoms with Crippen LogP contribution in [0.15, 0.2) is 18.3 Å². The predicted octanol–water partition coefficient (Wildman–Crippen LogP) is 1.08. The van der Waals surface area contributed by atoms with Gasteiger partial charge in [0.15, 0.2) is 0 Å². The fraction of sp³-hybridized carbons (Fsp3) is 0.571. The fourth-order valence-corrected chi connectivity index (χ4v) is 2.33. The van der Waals surface area contributed by atoms with Crippen LogP contribution in [0, 0.1) is 6.92 Å². The van der Waals surface area contributed by atoms with Crippen LogP contribution in [0.25, 0.3) is 0 Å². The summed E-state index contributed by atoms with van der Waals surface area (Å²) in [5.74, 6) is 0. The maximum atomic E-state index is 10.8. The largest absolute Gasteiger partial charge is 0.465 e. The van der Waals surface area contributed by atoms with Gasteiger partial charge in [-0.1, -0.05) is 6.07 Å². The van der Waals surface area contributed by atoms with Gasteiger partial charge in [0.25, 0.3) is 0 Å². The molecule has 1 aliphatic heterocycles. The van der Waals surface area contributed by atoms with E-state index in [1.807, 2.05) is 25.3 Å². The van der Waals surface area contributed by atoms with E-state index in [0.717, 1.165) is 37.3 Å². The Kier molecular flexibility index (Phi) is 4.92. The van der Waals surface area contributed by atoms with Crippen LogP contribution in [0.1, 0.15) is 23.7 Å². The number of pyridine rings is 1. The summed E-state index contributed by atoms with van der Waals surface area (Å²) in [4.78, 5) is 18.9. The lowest BCUT2D eigenvalue weighted by Crippen LogP contribution is -2.48. The van der Waals surface area contributed by atoms with Crippen molar-refractivity contribution < 1.29 is 9.90 Å². The molecule has 0 aliphatic carbocycles. The Morgan fingerprint density at radius 2 is 2.10 bits per heavy atom. The van der Waals surface area contributed by atoms with Gasteiger partial charge in [0.05, 0.1) is 5.69 Å². The van der Waals surface area contributed by atoms with E-state index in [4.69, 9.17) is 10.8 Å². The molecule has 2 heterocycles. The number of piperazine rings is 1. The minimum atomic E-state index is -0.829. The highest BCUT2D eigenvalue weighted by Crippen LogP contribution is 2.13. The molecule has 6 heteroatoms. The number of hydrogen-bond acceptors (Lipinski definition) is 4. The van der Waals surface area contributed by atoms with Crippen molar-refractivity contribution in [1.29, 1.82) is 0 Å². The molecule has 1 unspecified atom stereocenters. The SMILES string of the molecule is Cc1ccc(C(N)CCN2CCN(C(=O)O)CC2)nc1. The number of carbonyl (C=O) groups is 1. The van der Waals surface area contributed by atoms with Crippen molar-refractivity contribution in [3.63, 3.8) is 0 Å². The predicted molar refractivity (Wildman–Crippen MR) is 76.6 cm³/mol. The van der Waals surface area contributed by atoms with Gasteiger partial charge in [0.1, 0.15) is 0 Å². The number of nitrogens with two attached hydrogens (primary N) is 1. The lowest BCUT2D eigenvalue weighted by atomic mass is 10.1. The van der Waals surface area contributed by atoms with E-state index in [0.29, 0.717) is 13.1 Å². The number of nitrogens with zero attached hydrogens (tertiary/aromatic N) is 3. The molecule has 0 bridgehead atoms. The average Bonchev–Trinajstić information content (AvgIpc) is 2.46. The molecule has 1 aromatic heterocycles. The Morgan fingerprint density at radius 3 is 2.65 bits per heavy atom. The molecule has 20 heavy (non-hydrogen) atoms. The van der Waals surface area contributed by atoms with Gasteiger partial charge in [-0.15, -0.1) is 0 Å². The van der Waals surface area contributed by atoms with E-state index >= 15 is 0 Å². The van der Waals surface area contributed by atoms with Crippen molar-refractivity contribution >= 4 is 6.09 Å². The van der Waals surface area contributed by atoms with Crippen molar-refractivity contribution in [2.45, 2.75) is 19.4 Å². The second kappa shape index (κ2) is 6.67. The summed E-state index contributed by atoms with van der Waals surface area (Å²) in [5, 5.41) is 8.89. The molecule has 1 saturated heterocycles. The lowest BCUT2D eigenvalue weighted by molar-refractivity contribution is 0.104. The van der Waals surface area contributed by atoms with Crippen molar-refractivity contribution in [2.75, 3.05) is 32.7 Å². The Labute approximate surface area is 119 Å². The van der Waals surface area contributed by atoms with Crippen LogP contribution < -0.4 is 5.73 Å². The maximum absolute atomic E-state index is 10.8. The highest BCUT2D eigenvalue weighted by Gasteiger charge is 2.20. The van der Waals surface area contributed by atoms with Crippen molar-refractivity contribution in [1.82, 2.24) is 14.8 Å². The van der Waals surface area contributed by atoms with Gasteiger partial charge in [-0.3, -0.25) is 9.88 Å². The van der Waals surface area contributed by atoms with Gasteiger partial charge < -0.3 is 15.7 Å². The van der Waals surface area contributed by atoms with Crippen LogP contribution in [0.4, 0.5) is 4.79 Å². The molecule has 0 saturated carbocycles. The third kappa shape index (κ3) is 3.91. The van der Waals surface area contributed by atoms with E-state index < -0.39 is 6.09 Å². The van der Waals surface area contributed by atoms with E-state index in [1.165, 1.54) is 4.90 Å². The number of aryl methyl sites for hydroxylation is 1. The zero-order chi connectivity index (χ0) is 14.5. The van der Waals surface area contributed by atoms with Gasteiger partial charge in [-0.25, -0.2) is 4.79 Å². The van der Waals surface area contributed by atoms with Crippen LogP contribution in [0.5, 0.6) is 0 Å². The van der Waals surface area contributed by atoms with Crippen LogP contribution in [0.3, 0.4) is 0 Å². The van der Waals surface area contributed by atoms with Crippen molar-refractivity contribution in [3.8, 4) is 0 Å². The molecule has 3 N–H and O–H groups in total. The van der Waals surface area contributed by atoms with Crippen molar-refractivity contribution in [3.05, 3.63) is 29.6 Å². The molecule has 1 aromatic rings. The summed E-state index contributed by atoms with van der Waals surface area (Å²) < 4.78 is 0. The molecule has 1 fully saturated rings. The zero-order valence-electron chi connectivity index (χ0n) is 11.8. The Morgan fingerprint density at radius 1 is 1.40 bits per heavy atom. The second-order valence-electron chi connectivity index (χ2n) is 5.27. The van der Waals surface area contributed by atoms with Crippen LogP contribution in [0.2, 0.25) is 0 Å². The van der Waals surface area contributed by atoms with Crippen molar-refractivity contribution in [2.24, 2.45) is 5.73 Å². The monoisotopic (exact) mass is 278 g/mol. The molecule has 0 aromatic carbocycles. The summed E-state index contributed by atoms with van der Waals surface area (Å²) in [7, 11) is 0. The molecule has 0 radical (unpaired) electrons.